The summed E-state index contributed by atoms with van der Waals surface area (Å²) in [5.74, 6) is 0.894. The Morgan fingerprint density at radius 2 is 0.926 bits per heavy atom. The van der Waals surface area contributed by atoms with Gasteiger partial charge in [0.2, 0.25) is 7.59 Å². The van der Waals surface area contributed by atoms with Gasteiger partial charge in [0, 0.05) is 49.9 Å². The summed E-state index contributed by atoms with van der Waals surface area (Å²) in [5, 5.41) is 44.9. The van der Waals surface area contributed by atoms with E-state index < -0.39 is 112 Å². The summed E-state index contributed by atoms with van der Waals surface area (Å²) in [6.07, 6.45) is 0.856. The number of halogens is 7. The van der Waals surface area contributed by atoms with Gasteiger partial charge < -0.3 is 87.2 Å². The molecule has 538 valence electrons. The monoisotopic (exact) mass is 1550 g/mol. The summed E-state index contributed by atoms with van der Waals surface area (Å²) in [6.45, 7) is 18.8. The molecule has 7 heterocycles. The summed E-state index contributed by atoms with van der Waals surface area (Å²) < 4.78 is 105. The summed E-state index contributed by atoms with van der Waals surface area (Å²) in [4.78, 5) is 55.8. The van der Waals surface area contributed by atoms with E-state index in [4.69, 9.17) is 206 Å². The molecular weight excluding hydrogens is 1470 g/mol. The van der Waals surface area contributed by atoms with E-state index in [-0.39, 0.29) is 97.6 Å². The largest absolute Gasteiger partial charge is 0.536 e. The van der Waals surface area contributed by atoms with Crippen molar-refractivity contribution in [2.45, 2.75) is 210 Å². The van der Waals surface area contributed by atoms with Crippen LogP contribution in [0.1, 0.15) is 101 Å². The lowest BCUT2D eigenvalue weighted by atomic mass is 9.91. The van der Waals surface area contributed by atoms with E-state index in [1.807, 2.05) is 27.7 Å². The summed E-state index contributed by atoms with van der Waals surface area (Å²) in [5.41, 5.74) is 0. The van der Waals surface area contributed by atoms with Gasteiger partial charge in [-0.25, -0.2) is 18.3 Å². The fourth-order valence-electron chi connectivity index (χ4n) is 9.58. The van der Waals surface area contributed by atoms with E-state index in [0.717, 1.165) is 32.0 Å². The maximum Gasteiger partial charge on any atom is 0.536 e. The van der Waals surface area contributed by atoms with Crippen LogP contribution in [-0.4, -0.2) is 249 Å². The molecule has 0 aliphatic carbocycles. The number of rotatable bonds is 20. The van der Waals surface area contributed by atoms with Crippen LogP contribution in [-0.2, 0) is 87.7 Å². The van der Waals surface area contributed by atoms with Gasteiger partial charge >= 0.3 is 31.3 Å². The maximum absolute atomic E-state index is 12.7. The third-order valence-corrected chi connectivity index (χ3v) is 19.6. The Morgan fingerprint density at radius 3 is 1.21 bits per heavy atom. The third-order valence-electron chi connectivity index (χ3n) is 13.8. The minimum atomic E-state index is -5.62. The van der Waals surface area contributed by atoms with Gasteiger partial charge in [0.05, 0.1) is 49.8 Å². The van der Waals surface area contributed by atoms with Crippen molar-refractivity contribution in [3.63, 3.8) is 0 Å². The predicted molar refractivity (Wildman–Crippen MR) is 357 cm³/mol. The Bertz CT molecular complexity index is 2480. The highest BCUT2D eigenvalue weighted by molar-refractivity contribution is 7.66. The molecule has 0 aromatic carbocycles. The summed E-state index contributed by atoms with van der Waals surface area (Å²) >= 11 is 33.4. The molecule has 14 radical (unpaired) electrons. The Morgan fingerprint density at radius 1 is 0.558 bits per heavy atom. The first kappa shape index (κ1) is 95.7. The van der Waals surface area contributed by atoms with E-state index in [1.165, 1.54) is 0 Å². The van der Waals surface area contributed by atoms with E-state index in [1.54, 1.807) is 13.8 Å². The van der Waals surface area contributed by atoms with E-state index in [0.29, 0.717) is 37.0 Å². The van der Waals surface area contributed by atoms with Crippen molar-refractivity contribution in [1.29, 1.82) is 0 Å². The van der Waals surface area contributed by atoms with Crippen LogP contribution < -0.4 is 0 Å². The molecule has 24 atom stereocenters. The molecule has 0 bridgehead atoms. The van der Waals surface area contributed by atoms with Gasteiger partial charge in [0.1, 0.15) is 110 Å². The lowest BCUT2D eigenvalue weighted by Gasteiger charge is -2.25. The van der Waals surface area contributed by atoms with Crippen LogP contribution in [0.25, 0.3) is 0 Å². The molecule has 7 aliphatic rings. The van der Waals surface area contributed by atoms with Gasteiger partial charge in [0.25, 0.3) is 0 Å². The highest BCUT2D eigenvalue weighted by Gasteiger charge is 2.45. The number of phosphoric ester groups is 2. The highest BCUT2D eigenvalue weighted by Crippen LogP contribution is 2.67. The topological polar surface area (TPSA) is 404 Å². The molecule has 0 amide bonds. The maximum atomic E-state index is 12.7. The number of aliphatic hydroxyl groups is 5. The number of ether oxygens (including phenoxy) is 7. The number of carbonyl (C=O) groups excluding carboxylic acids is 2. The molecule has 0 aromatic heterocycles. The van der Waals surface area contributed by atoms with E-state index >= 15 is 0 Å². The van der Waals surface area contributed by atoms with Crippen LogP contribution in [0.5, 0.6) is 0 Å². The SMILES string of the molecule is F.[3HH].[B][C@H]1C[C@@H](C)[C@@H](C(=C)OP(=O)(OCC(Cl)(Cl)Cl)OCC(Cl)(Cl)Cl)O1.[B][C@H]1C[C@@H](C)[C@@H](C(C)=O)O1.[B][C@H]1C[C@@H](C)[C@@H](C(C)O)O1.[B][C@H]1C[C@@H](C)[C@@H](CC=O)O1.[B][C@H]1C[C@@H](C)[C@@H](CO)O1.[B][C@H]1C[C@@H](O)[C@@H](C(=C)OP(=O)(O)OP(=O)(O)OP(=O)(O)O)O1.[B][C@H]1C[C@@H](O)[C@@H](CO)O1. The van der Waals surface area contributed by atoms with Crippen molar-refractivity contribution in [2.75, 3.05) is 26.4 Å². The Kier molecular flexibility index (Phi) is 44.1. The number of carbonyl (C=O) groups is 2. The number of alkyl halides is 6. The number of hydrogen-bond donors (Lipinski definition) is 9. The zero-order valence-corrected chi connectivity index (χ0v) is 61.1. The molecule has 7 saturated heterocycles. The Labute approximate surface area is 594 Å². The zero-order chi connectivity index (χ0) is 72.8. The van der Waals surface area contributed by atoms with Crippen LogP contribution in [0.3, 0.4) is 0 Å². The fourth-order valence-corrected chi connectivity index (χ4v) is 14.7. The van der Waals surface area contributed by atoms with Crippen molar-refractivity contribution in [2.24, 2.45) is 29.6 Å². The van der Waals surface area contributed by atoms with E-state index in [9.17, 15) is 37.8 Å². The highest BCUT2D eigenvalue weighted by atomic mass is 35.6. The van der Waals surface area contributed by atoms with Crippen LogP contribution in [0.15, 0.2) is 24.7 Å². The molecule has 7 fully saturated rings. The minimum Gasteiger partial charge on any atom is -0.406 e. The van der Waals surface area contributed by atoms with Crippen molar-refractivity contribution < 1.29 is 139 Å². The predicted octanol–water partition coefficient (Wildman–Crippen LogP) is 5.00. The van der Waals surface area contributed by atoms with E-state index in [2.05, 4.69) is 33.2 Å². The smallest absolute Gasteiger partial charge is 0.406 e. The molecule has 28 nitrogen and oxygen atoms in total. The van der Waals surface area contributed by atoms with Gasteiger partial charge in [0.15, 0.2) is 5.78 Å². The van der Waals surface area contributed by atoms with Gasteiger partial charge in [-0.1, -0.05) is 117 Å². The molecule has 0 aromatic rings. The minimum absolute atomic E-state index is 0. The van der Waals surface area contributed by atoms with Gasteiger partial charge in [-0.2, -0.15) is 8.62 Å². The number of phosphoric acid groups is 4. The Hall–Kier alpha value is 0.665. The van der Waals surface area contributed by atoms with Gasteiger partial charge in [-0.05, 0) is 88.4 Å². The summed E-state index contributed by atoms with van der Waals surface area (Å²) in [7, 11) is 17.6. The van der Waals surface area contributed by atoms with Gasteiger partial charge in [-0.3, -0.25) is 23.4 Å². The van der Waals surface area contributed by atoms with Crippen LogP contribution in [0.4, 0.5) is 4.70 Å². The lowest BCUT2D eigenvalue weighted by molar-refractivity contribution is -0.127. The van der Waals surface area contributed by atoms with Gasteiger partial charge in [-0.15, -0.1) is 0 Å². The first-order valence-electron chi connectivity index (χ1n) is 28.8. The number of Topliss-reactive ketones (excluding diaryl/α,β-unsaturated/α-hetero) is 1. The number of aldehydes is 1. The van der Waals surface area contributed by atoms with Crippen molar-refractivity contribution in [3.8, 4) is 0 Å². The second-order valence-electron chi connectivity index (χ2n) is 22.8. The average molecular weight is 1550 g/mol. The van der Waals surface area contributed by atoms with Crippen molar-refractivity contribution in [3.05, 3.63) is 24.7 Å². The van der Waals surface area contributed by atoms with Crippen LogP contribution >= 0.6 is 101 Å². The molecule has 95 heavy (non-hydrogen) atoms. The summed E-state index contributed by atoms with van der Waals surface area (Å²) in [6, 6.07) is -2.50. The molecule has 0 saturated carbocycles. The van der Waals surface area contributed by atoms with Crippen LogP contribution in [0, 0.1) is 29.6 Å². The molecular formula is C49H84B7Cl6FO28P4. The molecule has 3 unspecified atom stereocenters. The standard InChI is InChI=1S/C11H14BCl6O5P.C7H13BO2.2C7H11BO2.C6H12BO12P3.C6H11BO2.C5H9BO3.FH.H2/c1-6-3-8(12)22-9(6)7(2)23-24(19,20-4-10(13,14)15)21-5-11(16,17)18;2*1-4-3-6(8)10-7(4)5(2)9;1-5-4-7(8)10-6(5)2-3-9;1-3(6-4(8)2-5(7)16-6)17-21(12,13)19-22(14,15)18-20(9,10)11;1-4-2-6(7)9-5(4)3-8;6-5-1-3(8)4(2-7)9-5;;/h6,8-9H,2-5H2,1H3;4-7,9H,3H2,1-2H3;4,6-7H,3H2,1-2H3;3,5-7H,2,4H2,1H3;4-6,8H,1-2H2,(H,12,13)(H,14,15)(H2,9,10,11);4-6,8H,2-3H2,1H3;3-5,7-8H,1-2H2;2*1H/t6-,8-,9+;4-,5?,6-,7+;4-,6-,7+;5-,6-,7-;2*4-,5-,6-;3-,4-,5-;;/m1111111../s1/i;;;;;;;;1+2. The zero-order valence-electron chi connectivity index (χ0n) is 53.0. The second kappa shape index (κ2) is 43.8. The first-order valence-corrected chi connectivity index (χ1v) is 37.1. The first-order chi connectivity index (χ1) is 42.8. The quantitative estimate of drug-likeness (QED) is 0.0254. The number of hydrogen-bond acceptors (Lipinski definition) is 24. The third kappa shape index (κ3) is 39.4. The second-order valence-corrected chi connectivity index (χ2v) is 33.8. The molecule has 7 rings (SSSR count). The molecule has 0 spiro atoms. The van der Waals surface area contributed by atoms with Crippen LogP contribution in [0.2, 0.25) is 0 Å². The molecule has 46 heteroatoms. The average Bonchev–Trinajstić information content (AvgIpc) is 1.27. The number of ketones is 1. The molecule has 7 aliphatic heterocycles. The lowest BCUT2D eigenvalue weighted by Crippen LogP contribution is -2.27. The number of aliphatic hydroxyl groups excluding tert-OH is 5. The van der Waals surface area contributed by atoms with Crippen molar-refractivity contribution in [1.82, 2.24) is 0 Å². The fraction of sp³-hybridized carbons (Fsp3) is 0.878. The molecule has 9 N–H and O–H groups in total. The van der Waals surface area contributed by atoms with Crippen molar-refractivity contribution >= 4 is 168 Å². The normalized spacial score (nSPS) is 35.0. The Balaban J connectivity index is 0.